The molecule has 0 N–H and O–H groups in total. The topological polar surface area (TPSA) is 68.4 Å². The van der Waals surface area contributed by atoms with Crippen molar-refractivity contribution in [3.8, 4) is 0 Å². The lowest BCUT2D eigenvalue weighted by atomic mass is 10.4. The third-order valence-corrected chi connectivity index (χ3v) is 2.44. The molecule has 0 aliphatic carbocycles. The van der Waals surface area contributed by atoms with E-state index in [2.05, 4.69) is 0 Å². The molecule has 0 aromatic carbocycles. The van der Waals surface area contributed by atoms with Crippen molar-refractivity contribution in [1.29, 1.82) is 0 Å². The summed E-state index contributed by atoms with van der Waals surface area (Å²) < 4.78 is 1.26. The van der Waals surface area contributed by atoms with Gasteiger partial charge in [-0.25, -0.2) is 4.57 Å². The lowest BCUT2D eigenvalue weighted by molar-refractivity contribution is -0.391. The molecule has 1 rings (SSSR count). The Bertz CT molecular complexity index is 416. The fraction of sp³-hybridized carbons (Fsp3) is 0.444. The molecule has 1 aromatic rings. The molecule has 1 amide bonds. The van der Waals surface area contributed by atoms with Gasteiger partial charge in [0.15, 0.2) is 5.69 Å². The molecule has 0 fully saturated rings. The van der Waals surface area contributed by atoms with Crippen molar-refractivity contribution in [2.24, 2.45) is 7.05 Å². The van der Waals surface area contributed by atoms with Gasteiger partial charge in [-0.3, -0.25) is 4.79 Å². The molecule has 0 saturated heterocycles. The molecule has 6 nitrogen and oxygen atoms in total. The maximum Gasteiger partial charge on any atom is 0.323 e. The molecule has 0 aliphatic rings. The van der Waals surface area contributed by atoms with Crippen LogP contribution in [0, 0.1) is 10.1 Å². The van der Waals surface area contributed by atoms with Gasteiger partial charge in [-0.15, -0.1) is 11.6 Å². The molecule has 1 heterocycles. The largest absolute Gasteiger partial charge is 0.358 e. The van der Waals surface area contributed by atoms with Crippen LogP contribution in [-0.4, -0.2) is 39.8 Å². The molecule has 88 valence electrons. The number of hydrogen-bond acceptors (Lipinski definition) is 3. The van der Waals surface area contributed by atoms with Crippen molar-refractivity contribution in [2.45, 2.75) is 0 Å². The molecule has 1 aromatic heterocycles. The molecular weight excluding hydrogens is 234 g/mol. The fourth-order valence-electron chi connectivity index (χ4n) is 1.32. The second-order valence-corrected chi connectivity index (χ2v) is 3.69. The second kappa shape index (κ2) is 4.98. The number of carbonyl (C=O) groups is 1. The van der Waals surface area contributed by atoms with E-state index >= 15 is 0 Å². The number of hydrogen-bond donors (Lipinski definition) is 0. The highest BCUT2D eigenvalue weighted by molar-refractivity contribution is 6.18. The first kappa shape index (κ1) is 12.5. The Morgan fingerprint density at radius 2 is 2.25 bits per heavy atom. The van der Waals surface area contributed by atoms with E-state index in [0.717, 1.165) is 0 Å². The smallest absolute Gasteiger partial charge is 0.323 e. The van der Waals surface area contributed by atoms with Crippen molar-refractivity contribution >= 4 is 23.3 Å². The van der Waals surface area contributed by atoms with Crippen LogP contribution in [0.1, 0.15) is 10.5 Å². The van der Waals surface area contributed by atoms with Gasteiger partial charge in [-0.1, -0.05) is 0 Å². The van der Waals surface area contributed by atoms with Crippen LogP contribution in [0.3, 0.4) is 0 Å². The van der Waals surface area contributed by atoms with Crippen LogP contribution in [0.2, 0.25) is 0 Å². The quantitative estimate of drug-likeness (QED) is 0.455. The van der Waals surface area contributed by atoms with Crippen LogP contribution in [0.15, 0.2) is 12.1 Å². The van der Waals surface area contributed by atoms with Crippen LogP contribution in [-0.2, 0) is 7.05 Å². The summed E-state index contributed by atoms with van der Waals surface area (Å²) in [5, 5.41) is 10.6. The minimum absolute atomic E-state index is 0.109. The number of halogens is 1. The lowest BCUT2D eigenvalue weighted by Crippen LogP contribution is -2.30. The van der Waals surface area contributed by atoms with Gasteiger partial charge in [0, 0.05) is 25.5 Å². The number of amides is 1. The van der Waals surface area contributed by atoms with Crippen molar-refractivity contribution < 1.29 is 9.72 Å². The molecule has 0 unspecified atom stereocenters. The first-order valence-corrected chi connectivity index (χ1v) is 5.14. The Morgan fingerprint density at radius 1 is 1.62 bits per heavy atom. The van der Waals surface area contributed by atoms with Gasteiger partial charge in [0.25, 0.3) is 5.91 Å². The summed E-state index contributed by atoms with van der Waals surface area (Å²) >= 11 is 5.51. The second-order valence-electron chi connectivity index (χ2n) is 3.31. The molecule has 16 heavy (non-hydrogen) atoms. The normalized spacial score (nSPS) is 10.2. The van der Waals surface area contributed by atoms with E-state index in [1.807, 2.05) is 0 Å². The standard InChI is InChI=1S/C9H12ClN3O3/c1-11(6-5-10)9(14)7-3-4-8(12(7)2)13(15)16/h3-4H,5-6H2,1-2H3. The minimum Gasteiger partial charge on any atom is -0.358 e. The van der Waals surface area contributed by atoms with Gasteiger partial charge in [0.2, 0.25) is 0 Å². The zero-order valence-electron chi connectivity index (χ0n) is 9.01. The number of nitrogens with zero attached hydrogens (tertiary/aromatic N) is 3. The number of aromatic nitrogens is 1. The van der Waals surface area contributed by atoms with E-state index in [-0.39, 0.29) is 17.4 Å². The molecular formula is C9H12ClN3O3. The van der Waals surface area contributed by atoms with Crippen LogP contribution < -0.4 is 0 Å². The number of carbonyl (C=O) groups excluding carboxylic acids is 1. The maximum absolute atomic E-state index is 11.8. The van der Waals surface area contributed by atoms with E-state index < -0.39 is 4.92 Å². The maximum atomic E-state index is 11.8. The summed E-state index contributed by atoms with van der Waals surface area (Å²) in [5.74, 6) is -0.0618. The minimum atomic E-state index is -0.529. The predicted molar refractivity (Wildman–Crippen MR) is 59.7 cm³/mol. The summed E-state index contributed by atoms with van der Waals surface area (Å²) in [6, 6.07) is 2.74. The average molecular weight is 246 g/mol. The van der Waals surface area contributed by atoms with Crippen molar-refractivity contribution in [3.63, 3.8) is 0 Å². The van der Waals surface area contributed by atoms with E-state index in [0.29, 0.717) is 12.4 Å². The summed E-state index contributed by atoms with van der Waals surface area (Å²) in [4.78, 5) is 23.3. The summed E-state index contributed by atoms with van der Waals surface area (Å²) in [6.07, 6.45) is 0. The summed E-state index contributed by atoms with van der Waals surface area (Å²) in [7, 11) is 3.09. The third kappa shape index (κ3) is 2.33. The van der Waals surface area contributed by atoms with E-state index in [1.165, 1.54) is 28.6 Å². The molecule has 7 heteroatoms. The molecule has 0 bridgehead atoms. The highest BCUT2D eigenvalue weighted by atomic mass is 35.5. The van der Waals surface area contributed by atoms with Gasteiger partial charge < -0.3 is 15.0 Å². The first-order valence-electron chi connectivity index (χ1n) is 4.60. The molecule has 0 aliphatic heterocycles. The van der Waals surface area contributed by atoms with E-state index in [4.69, 9.17) is 11.6 Å². The van der Waals surface area contributed by atoms with E-state index in [1.54, 1.807) is 7.05 Å². The highest BCUT2D eigenvalue weighted by Crippen LogP contribution is 2.16. The van der Waals surface area contributed by atoms with Gasteiger partial charge in [-0.05, 0) is 11.0 Å². The van der Waals surface area contributed by atoms with Gasteiger partial charge in [-0.2, -0.15) is 0 Å². The van der Waals surface area contributed by atoms with E-state index in [9.17, 15) is 14.9 Å². The van der Waals surface area contributed by atoms with Crippen LogP contribution in [0.4, 0.5) is 5.82 Å². The number of alkyl halides is 1. The van der Waals surface area contributed by atoms with Gasteiger partial charge >= 0.3 is 5.82 Å². The number of nitro groups is 1. The monoisotopic (exact) mass is 245 g/mol. The van der Waals surface area contributed by atoms with Crippen LogP contribution in [0.25, 0.3) is 0 Å². The fourth-order valence-corrected chi connectivity index (χ4v) is 1.58. The summed E-state index contributed by atoms with van der Waals surface area (Å²) in [6.45, 7) is 0.402. The van der Waals surface area contributed by atoms with Crippen molar-refractivity contribution in [2.75, 3.05) is 19.5 Å². The van der Waals surface area contributed by atoms with Gasteiger partial charge in [0.1, 0.15) is 0 Å². The Labute approximate surface area is 97.6 Å². The average Bonchev–Trinajstić information content (AvgIpc) is 2.59. The number of rotatable bonds is 4. The Morgan fingerprint density at radius 3 is 2.69 bits per heavy atom. The Balaban J connectivity index is 2.97. The predicted octanol–water partition coefficient (Wildman–Crippen LogP) is 1.24. The Kier molecular flexibility index (Phi) is 3.89. The van der Waals surface area contributed by atoms with Crippen LogP contribution >= 0.6 is 11.6 Å². The Hall–Kier alpha value is -1.56. The van der Waals surface area contributed by atoms with Crippen molar-refractivity contribution in [3.05, 3.63) is 27.9 Å². The van der Waals surface area contributed by atoms with Crippen molar-refractivity contribution in [1.82, 2.24) is 9.47 Å². The first-order chi connectivity index (χ1) is 7.49. The molecule has 0 saturated carbocycles. The molecule has 0 spiro atoms. The van der Waals surface area contributed by atoms with Crippen LogP contribution in [0.5, 0.6) is 0 Å². The SMILES string of the molecule is CN(CCCl)C(=O)c1ccc([N+](=O)[O-])n1C. The molecule has 0 radical (unpaired) electrons. The third-order valence-electron chi connectivity index (χ3n) is 2.27. The summed E-state index contributed by atoms with van der Waals surface area (Å²) in [5.41, 5.74) is 0.277. The zero-order chi connectivity index (χ0) is 12.3. The van der Waals surface area contributed by atoms with Gasteiger partial charge in [0.05, 0.1) is 7.05 Å². The molecule has 0 atom stereocenters. The lowest BCUT2D eigenvalue weighted by Gasteiger charge is -2.13. The highest BCUT2D eigenvalue weighted by Gasteiger charge is 2.22. The zero-order valence-corrected chi connectivity index (χ0v) is 9.77.